The number of carbonyl (C=O) groups is 1. The van der Waals surface area contributed by atoms with Crippen molar-refractivity contribution in [3.05, 3.63) is 77.2 Å². The van der Waals surface area contributed by atoms with E-state index in [1.807, 2.05) is 71.6 Å². The molecule has 4 rings (SSSR count). The van der Waals surface area contributed by atoms with Crippen molar-refractivity contribution in [3.8, 4) is 22.0 Å². The molecule has 29 heavy (non-hydrogen) atoms. The molecule has 1 N–H and O–H groups in total. The number of thiazole rings is 1. The minimum Gasteiger partial charge on any atom is -0.469 e. The molecular formula is C22H20ClN3O2S. The summed E-state index contributed by atoms with van der Waals surface area (Å²) in [5.74, 6) is 0.813. The number of furan rings is 1. The monoisotopic (exact) mass is 425 g/mol. The average Bonchev–Trinajstić information content (AvgIpc) is 3.43. The third-order valence-electron chi connectivity index (χ3n) is 4.50. The number of hydrogen-bond acceptors (Lipinski definition) is 4. The van der Waals surface area contributed by atoms with Gasteiger partial charge in [0.1, 0.15) is 17.3 Å². The number of hydrogen-bond donors (Lipinski definition) is 1. The van der Waals surface area contributed by atoms with Crippen molar-refractivity contribution in [2.75, 3.05) is 0 Å². The quantitative estimate of drug-likeness (QED) is 0.438. The van der Waals surface area contributed by atoms with E-state index >= 15 is 0 Å². The van der Waals surface area contributed by atoms with E-state index in [9.17, 15) is 4.79 Å². The predicted octanol–water partition coefficient (Wildman–Crippen LogP) is 5.27. The maximum Gasteiger partial charge on any atom is 0.240 e. The van der Waals surface area contributed by atoms with E-state index in [1.54, 1.807) is 17.6 Å². The van der Waals surface area contributed by atoms with Crippen LogP contribution in [-0.4, -0.2) is 21.5 Å². The zero-order valence-electron chi connectivity index (χ0n) is 15.8. The molecule has 7 heteroatoms. The van der Waals surface area contributed by atoms with E-state index in [0.717, 1.165) is 27.7 Å². The van der Waals surface area contributed by atoms with E-state index in [2.05, 4.69) is 5.32 Å². The second kappa shape index (κ2) is 8.68. The van der Waals surface area contributed by atoms with Crippen LogP contribution in [0.2, 0.25) is 5.02 Å². The summed E-state index contributed by atoms with van der Waals surface area (Å²) in [6.45, 7) is 2.21. The molecule has 0 unspecified atom stereocenters. The van der Waals surface area contributed by atoms with Crippen LogP contribution in [0, 0.1) is 0 Å². The Kier molecular flexibility index (Phi) is 5.83. The molecule has 3 heterocycles. The van der Waals surface area contributed by atoms with Gasteiger partial charge in [-0.3, -0.25) is 4.79 Å². The highest BCUT2D eigenvalue weighted by atomic mass is 35.5. The SMILES string of the molecule is C[C@@H](Cc1ccco1)NC(=O)Cn1cccc1-c1nc(-c2ccc(Cl)cc2)cs1. The summed E-state index contributed by atoms with van der Waals surface area (Å²) in [5, 5.41) is 6.61. The van der Waals surface area contributed by atoms with Gasteiger partial charge in [0.2, 0.25) is 5.91 Å². The lowest BCUT2D eigenvalue weighted by atomic mass is 10.2. The Morgan fingerprint density at radius 3 is 2.83 bits per heavy atom. The van der Waals surface area contributed by atoms with Crippen molar-refractivity contribution in [3.63, 3.8) is 0 Å². The number of benzene rings is 1. The summed E-state index contributed by atoms with van der Waals surface area (Å²) in [4.78, 5) is 17.2. The second-order valence-corrected chi connectivity index (χ2v) is 8.11. The van der Waals surface area contributed by atoms with Crippen LogP contribution >= 0.6 is 22.9 Å². The van der Waals surface area contributed by atoms with E-state index in [1.165, 1.54) is 0 Å². The first-order valence-electron chi connectivity index (χ1n) is 9.27. The standard InChI is InChI=1S/C22H20ClN3O2S/c1-15(12-18-4-3-11-28-18)24-21(27)13-26-10-2-5-20(26)22-25-19(14-29-22)16-6-8-17(23)9-7-16/h2-11,14-15H,12-13H2,1H3,(H,24,27)/t15-/m0/s1. The minimum atomic E-state index is -0.0454. The molecule has 0 aliphatic heterocycles. The molecule has 1 aromatic carbocycles. The lowest BCUT2D eigenvalue weighted by Gasteiger charge is -2.14. The lowest BCUT2D eigenvalue weighted by Crippen LogP contribution is -2.36. The van der Waals surface area contributed by atoms with Gasteiger partial charge in [-0.2, -0.15) is 0 Å². The molecule has 148 valence electrons. The van der Waals surface area contributed by atoms with Crippen molar-refractivity contribution in [1.82, 2.24) is 14.9 Å². The molecule has 0 fully saturated rings. The van der Waals surface area contributed by atoms with Gasteiger partial charge in [-0.25, -0.2) is 4.98 Å². The molecule has 5 nitrogen and oxygen atoms in total. The molecule has 0 aliphatic rings. The Labute approximate surface area is 178 Å². The number of amides is 1. The first-order valence-corrected chi connectivity index (χ1v) is 10.5. The number of nitrogens with zero attached hydrogens (tertiary/aromatic N) is 2. The molecule has 0 saturated heterocycles. The summed E-state index contributed by atoms with van der Waals surface area (Å²) in [6.07, 6.45) is 4.20. The highest BCUT2D eigenvalue weighted by molar-refractivity contribution is 7.13. The molecule has 0 bridgehead atoms. The number of halogens is 1. The Morgan fingerprint density at radius 2 is 2.07 bits per heavy atom. The molecule has 1 amide bonds. The predicted molar refractivity (Wildman–Crippen MR) is 116 cm³/mol. The number of carbonyl (C=O) groups excluding carboxylic acids is 1. The van der Waals surface area contributed by atoms with E-state index in [0.29, 0.717) is 11.4 Å². The molecule has 3 aromatic heterocycles. The van der Waals surface area contributed by atoms with Crippen molar-refractivity contribution in [2.24, 2.45) is 0 Å². The fraction of sp³-hybridized carbons (Fsp3) is 0.182. The van der Waals surface area contributed by atoms with Gasteiger partial charge in [0, 0.05) is 34.6 Å². The van der Waals surface area contributed by atoms with Gasteiger partial charge >= 0.3 is 0 Å². The van der Waals surface area contributed by atoms with Crippen molar-refractivity contribution in [1.29, 1.82) is 0 Å². The summed E-state index contributed by atoms with van der Waals surface area (Å²) in [5.41, 5.74) is 2.83. The van der Waals surface area contributed by atoms with Gasteiger partial charge in [0.25, 0.3) is 0 Å². The Hall–Kier alpha value is -2.83. The van der Waals surface area contributed by atoms with Crippen LogP contribution in [0.15, 0.2) is 70.8 Å². The zero-order valence-corrected chi connectivity index (χ0v) is 17.4. The largest absolute Gasteiger partial charge is 0.469 e. The highest BCUT2D eigenvalue weighted by Crippen LogP contribution is 2.29. The van der Waals surface area contributed by atoms with E-state index < -0.39 is 0 Å². The van der Waals surface area contributed by atoms with Crippen LogP contribution in [0.5, 0.6) is 0 Å². The third kappa shape index (κ3) is 4.78. The van der Waals surface area contributed by atoms with Crippen molar-refractivity contribution >= 4 is 28.8 Å². The zero-order chi connectivity index (χ0) is 20.2. The van der Waals surface area contributed by atoms with Crippen LogP contribution in [0.1, 0.15) is 12.7 Å². The lowest BCUT2D eigenvalue weighted by molar-refractivity contribution is -0.122. The Balaban J connectivity index is 1.43. The fourth-order valence-electron chi connectivity index (χ4n) is 3.15. The number of rotatable bonds is 7. The Morgan fingerprint density at radius 1 is 1.24 bits per heavy atom. The number of nitrogens with one attached hydrogen (secondary N) is 1. The molecule has 0 saturated carbocycles. The third-order valence-corrected chi connectivity index (χ3v) is 5.62. The molecule has 0 spiro atoms. The summed E-state index contributed by atoms with van der Waals surface area (Å²) in [7, 11) is 0. The second-order valence-electron chi connectivity index (χ2n) is 6.82. The van der Waals surface area contributed by atoms with Crippen molar-refractivity contribution in [2.45, 2.75) is 25.9 Å². The summed E-state index contributed by atoms with van der Waals surface area (Å²) < 4.78 is 7.26. The van der Waals surface area contributed by atoms with Gasteiger partial charge in [-0.15, -0.1) is 11.3 Å². The normalized spacial score (nSPS) is 12.1. The van der Waals surface area contributed by atoms with Gasteiger partial charge in [0.15, 0.2) is 0 Å². The van der Waals surface area contributed by atoms with Gasteiger partial charge in [-0.05, 0) is 43.3 Å². The summed E-state index contributed by atoms with van der Waals surface area (Å²) in [6, 6.07) is 15.3. The van der Waals surface area contributed by atoms with E-state index in [4.69, 9.17) is 21.0 Å². The minimum absolute atomic E-state index is 0.0102. The van der Waals surface area contributed by atoms with Crippen LogP contribution in [0.25, 0.3) is 22.0 Å². The van der Waals surface area contributed by atoms with Crippen LogP contribution in [0.3, 0.4) is 0 Å². The maximum atomic E-state index is 12.5. The molecule has 1 atom stereocenters. The van der Waals surface area contributed by atoms with E-state index in [-0.39, 0.29) is 18.5 Å². The van der Waals surface area contributed by atoms with Crippen molar-refractivity contribution < 1.29 is 9.21 Å². The van der Waals surface area contributed by atoms with Crippen LogP contribution in [-0.2, 0) is 17.8 Å². The smallest absolute Gasteiger partial charge is 0.240 e. The molecule has 0 radical (unpaired) electrons. The fourth-order valence-corrected chi connectivity index (χ4v) is 4.14. The molecule has 4 aromatic rings. The van der Waals surface area contributed by atoms with Gasteiger partial charge < -0.3 is 14.3 Å². The van der Waals surface area contributed by atoms with Gasteiger partial charge in [-0.1, -0.05) is 23.7 Å². The summed E-state index contributed by atoms with van der Waals surface area (Å²) >= 11 is 7.52. The van der Waals surface area contributed by atoms with Crippen LogP contribution in [0.4, 0.5) is 0 Å². The average molecular weight is 426 g/mol. The maximum absolute atomic E-state index is 12.5. The first-order chi connectivity index (χ1) is 14.1. The van der Waals surface area contributed by atoms with Crippen LogP contribution < -0.4 is 5.32 Å². The molecule has 0 aliphatic carbocycles. The topological polar surface area (TPSA) is 60.1 Å². The highest BCUT2D eigenvalue weighted by Gasteiger charge is 2.14. The molecular weight excluding hydrogens is 406 g/mol. The van der Waals surface area contributed by atoms with Gasteiger partial charge in [0.05, 0.1) is 17.7 Å². The Bertz CT molecular complexity index is 1080. The first kappa shape index (κ1) is 19.5. The number of aromatic nitrogens is 2.